The second-order valence-corrected chi connectivity index (χ2v) is 3.47. The van der Waals surface area contributed by atoms with Crippen molar-refractivity contribution in [3.05, 3.63) is 48.6 Å². The minimum Gasteiger partial charge on any atom is -0.445 e. The molecular formula is C13H15NO3. The van der Waals surface area contributed by atoms with E-state index in [0.717, 1.165) is 5.56 Å². The van der Waals surface area contributed by atoms with Crippen LogP contribution >= 0.6 is 0 Å². The summed E-state index contributed by atoms with van der Waals surface area (Å²) in [6.07, 6.45) is 1.64. The van der Waals surface area contributed by atoms with Gasteiger partial charge in [-0.1, -0.05) is 43.0 Å². The molecule has 0 heterocycles. The molecular weight excluding hydrogens is 218 g/mol. The number of carbonyl (C=O) groups excluding carboxylic acids is 2. The first-order valence-electron chi connectivity index (χ1n) is 5.21. The van der Waals surface area contributed by atoms with Crippen LogP contribution in [0.1, 0.15) is 11.6 Å². The fourth-order valence-corrected chi connectivity index (χ4v) is 1.39. The first-order valence-corrected chi connectivity index (χ1v) is 5.21. The van der Waals surface area contributed by atoms with Crippen LogP contribution in [0.15, 0.2) is 43.0 Å². The van der Waals surface area contributed by atoms with E-state index in [1.165, 1.54) is 18.0 Å². The van der Waals surface area contributed by atoms with Gasteiger partial charge in [-0.2, -0.15) is 0 Å². The summed E-state index contributed by atoms with van der Waals surface area (Å²) in [7, 11) is 1.53. The van der Waals surface area contributed by atoms with Gasteiger partial charge in [0.25, 0.3) is 0 Å². The molecule has 0 radical (unpaired) electrons. The van der Waals surface area contributed by atoms with Crippen LogP contribution in [-0.2, 0) is 9.53 Å². The molecule has 4 heteroatoms. The van der Waals surface area contributed by atoms with Crippen molar-refractivity contribution in [2.24, 2.45) is 0 Å². The average Bonchev–Trinajstić information content (AvgIpc) is 2.38. The summed E-state index contributed by atoms with van der Waals surface area (Å²) in [5.74, 6) is 0. The van der Waals surface area contributed by atoms with Gasteiger partial charge in [-0.3, -0.25) is 4.90 Å². The van der Waals surface area contributed by atoms with Crippen LogP contribution < -0.4 is 0 Å². The van der Waals surface area contributed by atoms with Gasteiger partial charge in [-0.15, -0.1) is 0 Å². The largest absolute Gasteiger partial charge is 0.445 e. The van der Waals surface area contributed by atoms with Crippen molar-refractivity contribution in [2.75, 3.05) is 13.7 Å². The summed E-state index contributed by atoms with van der Waals surface area (Å²) in [5.41, 5.74) is 0.751. The molecule has 0 aromatic heterocycles. The van der Waals surface area contributed by atoms with Crippen molar-refractivity contribution in [1.82, 2.24) is 4.90 Å². The number of hydrogen-bond acceptors (Lipinski definition) is 3. The summed E-state index contributed by atoms with van der Waals surface area (Å²) in [4.78, 5) is 23.9. The van der Waals surface area contributed by atoms with Crippen LogP contribution in [0.4, 0.5) is 4.79 Å². The highest BCUT2D eigenvalue weighted by atomic mass is 16.6. The van der Waals surface area contributed by atoms with E-state index >= 15 is 0 Å². The van der Waals surface area contributed by atoms with Crippen LogP contribution in [0.2, 0.25) is 0 Å². The van der Waals surface area contributed by atoms with Gasteiger partial charge >= 0.3 is 6.09 Å². The standard InChI is InChI=1S/C13H15NO3/c1-3-9-17-13(16)14(2)12(10-15)11-7-5-4-6-8-11/h3-8,10,12H,1,9H2,2H3. The first-order chi connectivity index (χ1) is 8.20. The minimum absolute atomic E-state index is 0.129. The molecule has 0 saturated heterocycles. The molecule has 1 amide bonds. The normalized spacial score (nSPS) is 11.4. The number of likely N-dealkylation sites (N-methyl/N-ethyl adjacent to an activating group) is 1. The van der Waals surface area contributed by atoms with Crippen molar-refractivity contribution < 1.29 is 14.3 Å². The van der Waals surface area contributed by atoms with Gasteiger partial charge in [0, 0.05) is 7.05 Å². The van der Waals surface area contributed by atoms with E-state index in [9.17, 15) is 9.59 Å². The highest BCUT2D eigenvalue weighted by molar-refractivity contribution is 5.74. The highest BCUT2D eigenvalue weighted by Gasteiger charge is 2.21. The second-order valence-electron chi connectivity index (χ2n) is 3.47. The zero-order valence-electron chi connectivity index (χ0n) is 9.70. The van der Waals surface area contributed by atoms with Crippen LogP contribution in [0, 0.1) is 0 Å². The lowest BCUT2D eigenvalue weighted by Crippen LogP contribution is -2.32. The molecule has 0 bridgehead atoms. The van der Waals surface area contributed by atoms with Gasteiger partial charge in [0.15, 0.2) is 0 Å². The molecule has 1 atom stereocenters. The maximum atomic E-state index is 11.6. The van der Waals surface area contributed by atoms with Crippen molar-refractivity contribution >= 4 is 12.4 Å². The van der Waals surface area contributed by atoms with Crippen molar-refractivity contribution in [3.63, 3.8) is 0 Å². The smallest absolute Gasteiger partial charge is 0.410 e. The molecule has 90 valence electrons. The Labute approximate surface area is 100 Å². The molecule has 0 spiro atoms. The lowest BCUT2D eigenvalue weighted by Gasteiger charge is -2.23. The monoisotopic (exact) mass is 233 g/mol. The van der Waals surface area contributed by atoms with Crippen molar-refractivity contribution in [2.45, 2.75) is 6.04 Å². The Morgan fingerprint density at radius 2 is 2.12 bits per heavy atom. The quantitative estimate of drug-likeness (QED) is 0.578. The molecule has 0 saturated carbocycles. The Morgan fingerprint density at radius 1 is 1.47 bits per heavy atom. The summed E-state index contributed by atoms with van der Waals surface area (Å²) < 4.78 is 4.87. The number of ether oxygens (including phenoxy) is 1. The number of nitrogens with zero attached hydrogens (tertiary/aromatic N) is 1. The Balaban J connectivity index is 2.77. The molecule has 0 aliphatic rings. The van der Waals surface area contributed by atoms with E-state index in [1.54, 1.807) is 12.1 Å². The van der Waals surface area contributed by atoms with Crippen molar-refractivity contribution in [1.29, 1.82) is 0 Å². The summed E-state index contributed by atoms with van der Waals surface area (Å²) in [6.45, 7) is 3.58. The van der Waals surface area contributed by atoms with E-state index in [-0.39, 0.29) is 6.61 Å². The Bertz CT molecular complexity index is 389. The van der Waals surface area contributed by atoms with Gasteiger partial charge < -0.3 is 9.53 Å². The predicted molar refractivity (Wildman–Crippen MR) is 64.6 cm³/mol. The number of hydrogen-bond donors (Lipinski definition) is 0. The van der Waals surface area contributed by atoms with Crippen LogP contribution in [0.5, 0.6) is 0 Å². The van der Waals surface area contributed by atoms with E-state index in [2.05, 4.69) is 6.58 Å². The number of carbonyl (C=O) groups is 2. The van der Waals surface area contributed by atoms with Gasteiger partial charge in [0.2, 0.25) is 0 Å². The molecule has 1 unspecified atom stereocenters. The molecule has 0 aliphatic heterocycles. The van der Waals surface area contributed by atoms with E-state index < -0.39 is 12.1 Å². The van der Waals surface area contributed by atoms with E-state index in [4.69, 9.17) is 4.74 Å². The van der Waals surface area contributed by atoms with Crippen LogP contribution in [0.25, 0.3) is 0 Å². The molecule has 1 aromatic rings. The lowest BCUT2D eigenvalue weighted by atomic mass is 10.1. The third kappa shape index (κ3) is 3.45. The first kappa shape index (κ1) is 13.0. The SMILES string of the molecule is C=CCOC(=O)N(C)C(C=O)c1ccccc1. The van der Waals surface area contributed by atoms with Crippen molar-refractivity contribution in [3.8, 4) is 0 Å². The summed E-state index contributed by atoms with van der Waals surface area (Å²) >= 11 is 0. The van der Waals surface area contributed by atoms with E-state index in [0.29, 0.717) is 6.29 Å². The number of benzene rings is 1. The maximum Gasteiger partial charge on any atom is 0.410 e. The fraction of sp³-hybridized carbons (Fsp3) is 0.231. The fourth-order valence-electron chi connectivity index (χ4n) is 1.39. The van der Waals surface area contributed by atoms with Gasteiger partial charge in [-0.05, 0) is 5.56 Å². The third-order valence-corrected chi connectivity index (χ3v) is 2.30. The van der Waals surface area contributed by atoms with Gasteiger partial charge in [0.05, 0.1) is 0 Å². The zero-order valence-corrected chi connectivity index (χ0v) is 9.70. The highest BCUT2D eigenvalue weighted by Crippen LogP contribution is 2.17. The molecule has 0 N–H and O–H groups in total. The Kier molecular flexibility index (Phi) is 4.94. The maximum absolute atomic E-state index is 11.6. The second kappa shape index (κ2) is 6.48. The Morgan fingerprint density at radius 3 is 2.65 bits per heavy atom. The summed E-state index contributed by atoms with van der Waals surface area (Å²) in [5, 5.41) is 0. The number of aldehydes is 1. The molecule has 1 aromatic carbocycles. The van der Waals surface area contributed by atoms with Gasteiger partial charge in [-0.25, -0.2) is 4.79 Å². The van der Waals surface area contributed by atoms with Crippen LogP contribution in [0.3, 0.4) is 0 Å². The molecule has 0 fully saturated rings. The minimum atomic E-state index is -0.631. The Hall–Kier alpha value is -2.10. The lowest BCUT2D eigenvalue weighted by molar-refractivity contribution is -0.111. The average molecular weight is 233 g/mol. The van der Waals surface area contributed by atoms with E-state index in [1.807, 2.05) is 18.2 Å². The third-order valence-electron chi connectivity index (χ3n) is 2.30. The number of rotatable bonds is 5. The molecule has 0 aliphatic carbocycles. The number of amides is 1. The molecule has 1 rings (SSSR count). The zero-order chi connectivity index (χ0) is 12.7. The van der Waals surface area contributed by atoms with Gasteiger partial charge in [0.1, 0.15) is 18.9 Å². The van der Waals surface area contributed by atoms with Crippen LogP contribution in [-0.4, -0.2) is 30.9 Å². The molecule has 4 nitrogen and oxygen atoms in total. The predicted octanol–water partition coefficient (Wildman–Crippen LogP) is 2.18. The summed E-state index contributed by atoms with van der Waals surface area (Å²) in [6, 6.07) is 8.42. The topological polar surface area (TPSA) is 46.6 Å². The molecule has 17 heavy (non-hydrogen) atoms.